The summed E-state index contributed by atoms with van der Waals surface area (Å²) in [6, 6.07) is 25.3. The van der Waals surface area contributed by atoms with E-state index in [1.165, 1.54) is 58.1 Å². The van der Waals surface area contributed by atoms with E-state index in [4.69, 9.17) is 21.6 Å². The van der Waals surface area contributed by atoms with Gasteiger partial charge in [0.15, 0.2) is 0 Å². The number of aromatic nitrogens is 2. The van der Waals surface area contributed by atoms with Gasteiger partial charge in [-0.25, -0.2) is 4.98 Å². The fraction of sp³-hybridized carbons (Fsp3) is 0.333. The number of aryl methyl sites for hydroxylation is 1. The van der Waals surface area contributed by atoms with Crippen LogP contribution in [0.2, 0.25) is 0 Å². The highest BCUT2D eigenvalue weighted by Crippen LogP contribution is 2.41. The number of halogens is 1. The second-order valence-corrected chi connectivity index (χ2v) is 10.9. The maximum Gasteiger partial charge on any atom is 0.0730 e. The van der Waals surface area contributed by atoms with Crippen molar-refractivity contribution in [1.82, 2.24) is 9.97 Å². The van der Waals surface area contributed by atoms with Crippen LogP contribution in [0.4, 0.5) is 11.4 Å². The fourth-order valence-electron chi connectivity index (χ4n) is 5.83. The molecule has 5 aromatic rings. The summed E-state index contributed by atoms with van der Waals surface area (Å²) in [6.45, 7) is 1.94. The van der Waals surface area contributed by atoms with E-state index in [1.807, 2.05) is 0 Å². The third kappa shape index (κ3) is 5.15. The molecule has 3 aromatic carbocycles. The Balaban J connectivity index is 1.00. The fourth-order valence-corrected chi connectivity index (χ4v) is 6.22. The van der Waals surface area contributed by atoms with Crippen LogP contribution in [0.15, 0.2) is 72.8 Å². The molecule has 0 bridgehead atoms. The molecule has 0 saturated heterocycles. The summed E-state index contributed by atoms with van der Waals surface area (Å²) >= 11 is 6.78. The Morgan fingerprint density at radius 3 is 1.76 bits per heavy atom. The lowest BCUT2D eigenvalue weighted by Crippen LogP contribution is -2.14. The normalized spacial score (nSPS) is 15.1. The van der Waals surface area contributed by atoms with Crippen molar-refractivity contribution in [2.45, 2.75) is 56.7 Å². The number of nitrogens with one attached hydrogen (secondary N) is 2. The van der Waals surface area contributed by atoms with Gasteiger partial charge in [-0.05, 0) is 50.3 Å². The zero-order valence-corrected chi connectivity index (χ0v) is 22.6. The molecule has 5 heteroatoms. The van der Waals surface area contributed by atoms with Crippen molar-refractivity contribution in [3.63, 3.8) is 0 Å². The highest BCUT2D eigenvalue weighted by Gasteiger charge is 2.24. The summed E-state index contributed by atoms with van der Waals surface area (Å²) in [5.41, 5.74) is 8.00. The lowest BCUT2D eigenvalue weighted by molar-refractivity contribution is 0.633. The first kappa shape index (κ1) is 24.9. The number of fused-ring (bicyclic) bond motifs is 4. The average Bonchev–Trinajstić information content (AvgIpc) is 2.95. The van der Waals surface area contributed by atoms with Crippen LogP contribution >= 0.6 is 11.6 Å². The third-order valence-corrected chi connectivity index (χ3v) is 8.17. The van der Waals surface area contributed by atoms with Gasteiger partial charge in [0, 0.05) is 40.5 Å². The minimum atomic E-state index is 0.0560. The third-order valence-electron chi connectivity index (χ3n) is 7.74. The van der Waals surface area contributed by atoms with Crippen LogP contribution in [0.1, 0.15) is 61.6 Å². The number of rotatable bonds is 10. The average molecular weight is 523 g/mol. The van der Waals surface area contributed by atoms with Gasteiger partial charge >= 0.3 is 0 Å². The Kier molecular flexibility index (Phi) is 7.59. The summed E-state index contributed by atoms with van der Waals surface area (Å²) < 4.78 is 0. The van der Waals surface area contributed by atoms with Gasteiger partial charge in [-0.2, -0.15) is 0 Å². The van der Waals surface area contributed by atoms with Gasteiger partial charge in [-0.1, -0.05) is 73.9 Å². The number of nitrogens with zero attached hydrogens (tertiary/aromatic N) is 2. The van der Waals surface area contributed by atoms with Crippen LogP contribution in [0.25, 0.3) is 32.7 Å². The maximum atomic E-state index is 6.78. The molecule has 2 heterocycles. The molecule has 38 heavy (non-hydrogen) atoms. The molecule has 1 unspecified atom stereocenters. The molecule has 0 amide bonds. The van der Waals surface area contributed by atoms with Gasteiger partial charge in [0.25, 0.3) is 0 Å². The Hall–Kier alpha value is -3.37. The maximum absolute atomic E-state index is 6.78. The number of benzene rings is 3. The summed E-state index contributed by atoms with van der Waals surface area (Å²) in [7, 11) is 0. The molecular weight excluding hydrogens is 488 g/mol. The second kappa shape index (κ2) is 11.6. The molecule has 1 aliphatic rings. The van der Waals surface area contributed by atoms with Gasteiger partial charge in [0.2, 0.25) is 0 Å². The van der Waals surface area contributed by atoms with E-state index in [1.54, 1.807) is 0 Å². The van der Waals surface area contributed by atoms with Gasteiger partial charge < -0.3 is 10.6 Å². The molecule has 194 valence electrons. The van der Waals surface area contributed by atoms with E-state index >= 15 is 0 Å². The van der Waals surface area contributed by atoms with E-state index < -0.39 is 0 Å². The monoisotopic (exact) mass is 522 g/mol. The molecule has 0 aliphatic heterocycles. The number of para-hydroxylation sites is 3. The second-order valence-electron chi connectivity index (χ2n) is 10.4. The van der Waals surface area contributed by atoms with Crippen LogP contribution in [0.5, 0.6) is 0 Å². The molecule has 0 radical (unpaired) electrons. The summed E-state index contributed by atoms with van der Waals surface area (Å²) in [5.74, 6) is 0. The molecule has 4 nitrogen and oxygen atoms in total. The highest BCUT2D eigenvalue weighted by molar-refractivity contribution is 6.22. The van der Waals surface area contributed by atoms with E-state index in [9.17, 15) is 0 Å². The van der Waals surface area contributed by atoms with Crippen LogP contribution in [-0.2, 0) is 6.42 Å². The summed E-state index contributed by atoms with van der Waals surface area (Å²) in [6.07, 6.45) is 9.19. The summed E-state index contributed by atoms with van der Waals surface area (Å²) in [4.78, 5) is 9.77. The number of pyridine rings is 2. The first-order chi connectivity index (χ1) is 18.8. The topological polar surface area (TPSA) is 49.8 Å². The van der Waals surface area contributed by atoms with Crippen LogP contribution in [-0.4, -0.2) is 23.1 Å². The van der Waals surface area contributed by atoms with Gasteiger partial charge in [0.05, 0.1) is 33.3 Å². The minimum absolute atomic E-state index is 0.0560. The zero-order chi connectivity index (χ0) is 25.7. The largest absolute Gasteiger partial charge is 0.384 e. The number of hydrogen-bond donors (Lipinski definition) is 2. The van der Waals surface area contributed by atoms with Crippen molar-refractivity contribution in [3.8, 4) is 0 Å². The quantitative estimate of drug-likeness (QED) is 0.109. The van der Waals surface area contributed by atoms with Crippen LogP contribution < -0.4 is 10.6 Å². The van der Waals surface area contributed by atoms with Crippen LogP contribution in [0, 0.1) is 0 Å². The summed E-state index contributed by atoms with van der Waals surface area (Å²) in [5, 5.41) is 11.1. The number of unbranched alkanes of at least 4 members (excludes halogenated alkanes) is 4. The van der Waals surface area contributed by atoms with Crippen molar-refractivity contribution in [2.24, 2.45) is 0 Å². The van der Waals surface area contributed by atoms with E-state index in [0.29, 0.717) is 0 Å². The zero-order valence-electron chi connectivity index (χ0n) is 21.8. The number of anilines is 2. The van der Waals surface area contributed by atoms with E-state index in [0.717, 1.165) is 61.7 Å². The predicted octanol–water partition coefficient (Wildman–Crippen LogP) is 9.03. The smallest absolute Gasteiger partial charge is 0.0730 e. The van der Waals surface area contributed by atoms with Crippen molar-refractivity contribution in [3.05, 3.63) is 84.1 Å². The predicted molar refractivity (Wildman–Crippen MR) is 163 cm³/mol. The van der Waals surface area contributed by atoms with Gasteiger partial charge in [-0.3, -0.25) is 4.98 Å². The highest BCUT2D eigenvalue weighted by atomic mass is 35.5. The van der Waals surface area contributed by atoms with Gasteiger partial charge in [-0.15, -0.1) is 11.6 Å². The molecule has 0 spiro atoms. The van der Waals surface area contributed by atoms with Crippen LogP contribution in [0.3, 0.4) is 0 Å². The molecule has 1 atom stereocenters. The van der Waals surface area contributed by atoms with Crippen molar-refractivity contribution >= 4 is 55.7 Å². The first-order valence-electron chi connectivity index (χ1n) is 14.1. The van der Waals surface area contributed by atoms with Crippen molar-refractivity contribution in [1.29, 1.82) is 0 Å². The lowest BCUT2D eigenvalue weighted by Gasteiger charge is -2.25. The SMILES string of the molecule is ClC1CCCc2nc3ccccc3c(NCCCCCCCNc3c4ccccc4nc4ccccc34)c21. The molecule has 1 aliphatic carbocycles. The Labute approximate surface area is 229 Å². The minimum Gasteiger partial charge on any atom is -0.384 e. The van der Waals surface area contributed by atoms with E-state index in [-0.39, 0.29) is 5.38 Å². The van der Waals surface area contributed by atoms with Gasteiger partial charge in [0.1, 0.15) is 0 Å². The van der Waals surface area contributed by atoms with Crippen molar-refractivity contribution < 1.29 is 0 Å². The molecule has 0 saturated carbocycles. The molecule has 2 N–H and O–H groups in total. The Bertz CT molecular complexity index is 1510. The molecule has 6 rings (SSSR count). The Morgan fingerprint density at radius 1 is 0.632 bits per heavy atom. The van der Waals surface area contributed by atoms with Crippen molar-refractivity contribution in [2.75, 3.05) is 23.7 Å². The van der Waals surface area contributed by atoms with E-state index in [2.05, 4.69) is 83.4 Å². The molecule has 2 aromatic heterocycles. The standard InChI is InChI=1S/C33H35ClN4/c34-26-16-12-20-30-31(26)33(25-15-6-9-19-29(25)38-30)36-22-11-3-1-2-10-21-35-32-23-13-4-7-17-27(23)37-28-18-8-5-14-24(28)32/h4-9,13-15,17-19,26H,1-3,10-12,16,20-22H2,(H,35,37)(H,36,38). The number of hydrogen-bond acceptors (Lipinski definition) is 4. The first-order valence-corrected chi connectivity index (χ1v) is 14.5. The Morgan fingerprint density at radius 2 is 1.13 bits per heavy atom. The number of alkyl halides is 1. The molecular formula is C33H35ClN4. The lowest BCUT2D eigenvalue weighted by atomic mass is 9.92. The molecule has 0 fully saturated rings.